The largest absolute Gasteiger partial charge is 0.497 e. The van der Waals surface area contributed by atoms with Gasteiger partial charge in [0, 0.05) is 51.9 Å². The Kier molecular flexibility index (Phi) is 7.22. The Morgan fingerprint density at radius 3 is 2.24 bits per heavy atom. The van der Waals surface area contributed by atoms with Crippen molar-refractivity contribution in [2.45, 2.75) is 32.7 Å². The minimum Gasteiger partial charge on any atom is -0.497 e. The smallest absolute Gasteiger partial charge is 0.282 e. The van der Waals surface area contributed by atoms with Gasteiger partial charge in [-0.1, -0.05) is 0 Å². The highest BCUT2D eigenvalue weighted by atomic mass is 32.2. The minimum absolute atomic E-state index is 0.101. The molecule has 1 aromatic heterocycles. The van der Waals surface area contributed by atoms with E-state index in [-0.39, 0.29) is 12.2 Å². The highest BCUT2D eigenvalue weighted by Gasteiger charge is 2.36. The highest BCUT2D eigenvalue weighted by molar-refractivity contribution is 7.86. The second kappa shape index (κ2) is 9.80. The average Bonchev–Trinajstić information content (AvgIpc) is 3.07. The Balaban J connectivity index is 1.40. The van der Waals surface area contributed by atoms with Gasteiger partial charge in [0.15, 0.2) is 10.6 Å². The van der Waals surface area contributed by atoms with E-state index in [4.69, 9.17) is 26.8 Å². The first-order valence-corrected chi connectivity index (χ1v) is 12.9. The number of rotatable bonds is 6. The molecule has 4 rings (SSSR count). The molecule has 0 radical (unpaired) electrons. The highest BCUT2D eigenvalue weighted by Crippen LogP contribution is 2.22. The lowest BCUT2D eigenvalue weighted by atomic mass is 10.2. The summed E-state index contributed by atoms with van der Waals surface area (Å²) < 4.78 is 44.6. The van der Waals surface area contributed by atoms with Crippen molar-refractivity contribution in [3.05, 3.63) is 29.0 Å². The zero-order chi connectivity index (χ0) is 23.8. The van der Waals surface area contributed by atoms with Crippen LogP contribution in [0.2, 0.25) is 0 Å². The van der Waals surface area contributed by atoms with E-state index in [2.05, 4.69) is 4.90 Å². The van der Waals surface area contributed by atoms with Crippen molar-refractivity contribution >= 4 is 22.4 Å². The van der Waals surface area contributed by atoms with Crippen molar-refractivity contribution in [1.82, 2.24) is 27.9 Å². The fourth-order valence-corrected chi connectivity index (χ4v) is 6.28. The maximum atomic E-state index is 13.1. The van der Waals surface area contributed by atoms with Crippen LogP contribution in [0.25, 0.3) is 11.4 Å². The van der Waals surface area contributed by atoms with Gasteiger partial charge < -0.3 is 14.0 Å². The molecule has 3 heterocycles. The normalized spacial score (nSPS) is 23.6. The second-order valence-electron chi connectivity index (χ2n) is 8.63. The Labute approximate surface area is 200 Å². The molecule has 0 aliphatic carbocycles. The lowest BCUT2D eigenvalue weighted by molar-refractivity contribution is -0.0458. The number of hydrogen-bond acceptors (Lipinski definition) is 7. The molecule has 0 bridgehead atoms. The summed E-state index contributed by atoms with van der Waals surface area (Å²) in [6.07, 6.45) is -0.202. The van der Waals surface area contributed by atoms with E-state index in [0.29, 0.717) is 50.7 Å². The standard InChI is InChI=1S/C21H32N6O4S2/c1-16-13-26(14-17(2)31-16)33(28,29)25-11-9-24(10-12-25)15-27-21(32)23(3)20(22-27)18-5-7-19(30-4)8-6-18/h5-8,16-17H,9-15H2,1-4H3. The first kappa shape index (κ1) is 24.3. The molecule has 1 aromatic carbocycles. The van der Waals surface area contributed by atoms with Crippen molar-refractivity contribution in [3.8, 4) is 17.1 Å². The third-order valence-electron chi connectivity index (χ3n) is 6.09. The second-order valence-corrected chi connectivity index (χ2v) is 10.9. The fourth-order valence-electron chi connectivity index (χ4n) is 4.35. The molecule has 2 aliphatic heterocycles. The van der Waals surface area contributed by atoms with Crippen LogP contribution in [0.3, 0.4) is 0 Å². The molecular formula is C21H32N6O4S2. The molecule has 33 heavy (non-hydrogen) atoms. The molecule has 12 heteroatoms. The Bertz CT molecular complexity index is 1110. The third-order valence-corrected chi connectivity index (χ3v) is 8.55. The van der Waals surface area contributed by atoms with E-state index in [9.17, 15) is 8.42 Å². The molecule has 0 saturated carbocycles. The Morgan fingerprint density at radius 1 is 1.06 bits per heavy atom. The average molecular weight is 497 g/mol. The molecule has 2 atom stereocenters. The van der Waals surface area contributed by atoms with E-state index >= 15 is 0 Å². The number of aromatic nitrogens is 3. The monoisotopic (exact) mass is 496 g/mol. The topological polar surface area (TPSA) is 85.1 Å². The van der Waals surface area contributed by atoms with Gasteiger partial charge in [-0.15, -0.1) is 0 Å². The van der Waals surface area contributed by atoms with E-state index in [0.717, 1.165) is 17.1 Å². The number of ether oxygens (including phenoxy) is 2. The van der Waals surface area contributed by atoms with Crippen LogP contribution in [0.4, 0.5) is 0 Å². The van der Waals surface area contributed by atoms with Crippen LogP contribution in [0.15, 0.2) is 24.3 Å². The third kappa shape index (κ3) is 5.15. The molecule has 2 aliphatic rings. The van der Waals surface area contributed by atoms with Crippen molar-refractivity contribution < 1.29 is 17.9 Å². The van der Waals surface area contributed by atoms with Gasteiger partial charge >= 0.3 is 0 Å². The lowest BCUT2D eigenvalue weighted by Gasteiger charge is -2.40. The number of morpholine rings is 1. The molecule has 182 valence electrons. The number of benzene rings is 1. The summed E-state index contributed by atoms with van der Waals surface area (Å²) >= 11 is 5.61. The van der Waals surface area contributed by atoms with Crippen LogP contribution < -0.4 is 4.74 Å². The van der Waals surface area contributed by atoms with Crippen LogP contribution in [0.5, 0.6) is 5.75 Å². The number of piperazine rings is 1. The molecule has 2 unspecified atom stereocenters. The maximum absolute atomic E-state index is 13.1. The van der Waals surface area contributed by atoms with Crippen LogP contribution >= 0.6 is 12.2 Å². The lowest BCUT2D eigenvalue weighted by Crippen LogP contribution is -2.57. The van der Waals surface area contributed by atoms with Crippen molar-refractivity contribution in [2.24, 2.45) is 7.05 Å². The zero-order valence-corrected chi connectivity index (χ0v) is 21.2. The summed E-state index contributed by atoms with van der Waals surface area (Å²) in [7, 11) is 0.0428. The van der Waals surface area contributed by atoms with Gasteiger partial charge in [0.25, 0.3) is 10.2 Å². The van der Waals surface area contributed by atoms with E-state index in [1.54, 1.807) is 20.4 Å². The predicted octanol–water partition coefficient (Wildman–Crippen LogP) is 1.56. The molecule has 0 amide bonds. The number of methoxy groups -OCH3 is 1. The van der Waals surface area contributed by atoms with Gasteiger partial charge in [-0.2, -0.15) is 22.1 Å². The summed E-state index contributed by atoms with van der Waals surface area (Å²) in [6, 6.07) is 7.70. The van der Waals surface area contributed by atoms with Gasteiger partial charge in [0.05, 0.1) is 26.0 Å². The van der Waals surface area contributed by atoms with Crippen LogP contribution in [0.1, 0.15) is 13.8 Å². The first-order valence-electron chi connectivity index (χ1n) is 11.1. The van der Waals surface area contributed by atoms with Crippen LogP contribution in [-0.2, 0) is 28.7 Å². The quantitative estimate of drug-likeness (QED) is 0.561. The summed E-state index contributed by atoms with van der Waals surface area (Å²) in [6.45, 7) is 7.23. The van der Waals surface area contributed by atoms with Crippen molar-refractivity contribution in [3.63, 3.8) is 0 Å². The molecular weight excluding hydrogens is 464 g/mol. The van der Waals surface area contributed by atoms with Crippen LogP contribution in [-0.4, -0.2) is 94.9 Å². The summed E-state index contributed by atoms with van der Waals surface area (Å²) in [5, 5.41) is 4.73. The van der Waals surface area contributed by atoms with Gasteiger partial charge in [0.2, 0.25) is 0 Å². The van der Waals surface area contributed by atoms with E-state index in [1.807, 2.05) is 49.7 Å². The molecule has 10 nitrogen and oxygen atoms in total. The minimum atomic E-state index is -3.50. The molecule has 2 aromatic rings. The van der Waals surface area contributed by atoms with Crippen molar-refractivity contribution in [1.29, 1.82) is 0 Å². The summed E-state index contributed by atoms with van der Waals surface area (Å²) in [5.74, 6) is 1.56. The first-order chi connectivity index (χ1) is 15.7. The van der Waals surface area contributed by atoms with Gasteiger partial charge in [-0.25, -0.2) is 4.68 Å². The van der Waals surface area contributed by atoms with E-state index < -0.39 is 10.2 Å². The Hall–Kier alpha value is -1.83. The molecule has 0 N–H and O–H groups in total. The van der Waals surface area contributed by atoms with Gasteiger partial charge in [-0.3, -0.25) is 4.90 Å². The maximum Gasteiger partial charge on any atom is 0.282 e. The number of hydrogen-bond donors (Lipinski definition) is 0. The molecule has 0 spiro atoms. The SMILES string of the molecule is COc1ccc(-c2nn(CN3CCN(S(=O)(=O)N4CC(C)OC(C)C4)CC3)c(=S)n2C)cc1. The fraction of sp³-hybridized carbons (Fsp3) is 0.619. The zero-order valence-electron chi connectivity index (χ0n) is 19.5. The van der Waals surface area contributed by atoms with Gasteiger partial charge in [0.1, 0.15) is 5.75 Å². The predicted molar refractivity (Wildman–Crippen MR) is 128 cm³/mol. The van der Waals surface area contributed by atoms with Crippen molar-refractivity contribution in [2.75, 3.05) is 46.4 Å². The van der Waals surface area contributed by atoms with Crippen LogP contribution in [0, 0.1) is 4.77 Å². The number of nitrogens with zero attached hydrogens (tertiary/aromatic N) is 6. The summed E-state index contributed by atoms with van der Waals surface area (Å²) in [4.78, 5) is 2.18. The summed E-state index contributed by atoms with van der Waals surface area (Å²) in [5.41, 5.74) is 0.952. The van der Waals surface area contributed by atoms with E-state index in [1.165, 1.54) is 0 Å². The van der Waals surface area contributed by atoms with Gasteiger partial charge in [-0.05, 0) is 50.3 Å². The Morgan fingerprint density at radius 2 is 1.67 bits per heavy atom. The molecule has 2 fully saturated rings. The molecule has 2 saturated heterocycles.